The lowest BCUT2D eigenvalue weighted by molar-refractivity contribution is -0.132. The second-order valence-corrected chi connectivity index (χ2v) is 18.6. The van der Waals surface area contributed by atoms with Crippen LogP contribution < -0.4 is 5.32 Å². The molecule has 0 rings (SSSR count). The Labute approximate surface area is 368 Å². The SMILES string of the molecule is CCCCCCCCCCCCCCCCCCCCCCCCCCCC/C=C/CCCC(O)C(O)C(CO)NC(=O)C(O)CCCCCCCCCCCCCC. The zero-order valence-corrected chi connectivity index (χ0v) is 39.8. The van der Waals surface area contributed by atoms with Crippen LogP contribution in [0.5, 0.6) is 0 Å². The average molecular weight is 836 g/mol. The summed E-state index contributed by atoms with van der Waals surface area (Å²) in [4.78, 5) is 12.5. The van der Waals surface area contributed by atoms with Gasteiger partial charge in [0.05, 0.1) is 18.8 Å². The van der Waals surface area contributed by atoms with Crippen LogP contribution in [0.25, 0.3) is 0 Å². The lowest BCUT2D eigenvalue weighted by atomic mass is 10.00. The van der Waals surface area contributed by atoms with E-state index in [1.54, 1.807) is 0 Å². The number of unbranched alkanes of at least 4 members (excludes halogenated alkanes) is 38. The molecular formula is C53H105NO5. The lowest BCUT2D eigenvalue weighted by Crippen LogP contribution is -2.53. The van der Waals surface area contributed by atoms with Crippen LogP contribution in [0, 0.1) is 0 Å². The molecule has 6 nitrogen and oxygen atoms in total. The van der Waals surface area contributed by atoms with Crippen molar-refractivity contribution in [3.63, 3.8) is 0 Å². The highest BCUT2D eigenvalue weighted by Gasteiger charge is 2.28. The molecule has 4 unspecified atom stereocenters. The Bertz CT molecular complexity index is 852. The fraction of sp³-hybridized carbons (Fsp3) is 0.943. The second kappa shape index (κ2) is 48.1. The molecule has 0 aromatic carbocycles. The van der Waals surface area contributed by atoms with E-state index in [2.05, 4.69) is 31.3 Å². The summed E-state index contributed by atoms with van der Waals surface area (Å²) in [5.41, 5.74) is 0. The molecule has 0 aliphatic carbocycles. The number of hydrogen-bond acceptors (Lipinski definition) is 5. The third-order valence-electron chi connectivity index (χ3n) is 12.7. The second-order valence-electron chi connectivity index (χ2n) is 18.6. The first-order valence-electron chi connectivity index (χ1n) is 26.6. The van der Waals surface area contributed by atoms with Gasteiger partial charge in [0, 0.05) is 0 Å². The van der Waals surface area contributed by atoms with E-state index in [0.717, 1.165) is 38.5 Å². The molecule has 352 valence electrons. The van der Waals surface area contributed by atoms with E-state index in [-0.39, 0.29) is 0 Å². The van der Waals surface area contributed by atoms with Gasteiger partial charge in [0.15, 0.2) is 0 Å². The Morgan fingerprint density at radius 1 is 0.407 bits per heavy atom. The van der Waals surface area contributed by atoms with Gasteiger partial charge in [-0.1, -0.05) is 264 Å². The van der Waals surface area contributed by atoms with Crippen molar-refractivity contribution < 1.29 is 25.2 Å². The summed E-state index contributed by atoms with van der Waals surface area (Å²) in [6, 6.07) is -0.997. The minimum absolute atomic E-state index is 0.367. The molecule has 59 heavy (non-hydrogen) atoms. The van der Waals surface area contributed by atoms with Crippen LogP contribution in [0.1, 0.15) is 290 Å². The number of aliphatic hydroxyl groups excluding tert-OH is 4. The first-order chi connectivity index (χ1) is 29.0. The van der Waals surface area contributed by atoms with Crippen LogP contribution in [0.4, 0.5) is 0 Å². The fourth-order valence-corrected chi connectivity index (χ4v) is 8.53. The number of rotatable bonds is 49. The minimum Gasteiger partial charge on any atom is -0.394 e. The van der Waals surface area contributed by atoms with Gasteiger partial charge in [-0.3, -0.25) is 4.79 Å². The van der Waals surface area contributed by atoms with Crippen molar-refractivity contribution in [2.75, 3.05) is 6.61 Å². The Kier molecular flexibility index (Phi) is 47.3. The minimum atomic E-state index is -1.28. The maximum atomic E-state index is 12.5. The molecule has 0 radical (unpaired) electrons. The highest BCUT2D eigenvalue weighted by atomic mass is 16.3. The summed E-state index contributed by atoms with van der Waals surface area (Å²) in [5, 5.41) is 43.7. The molecule has 0 aliphatic heterocycles. The van der Waals surface area contributed by atoms with Gasteiger partial charge in [-0.2, -0.15) is 0 Å². The smallest absolute Gasteiger partial charge is 0.249 e. The molecule has 5 N–H and O–H groups in total. The van der Waals surface area contributed by atoms with E-state index in [4.69, 9.17) is 0 Å². The van der Waals surface area contributed by atoms with Crippen molar-refractivity contribution in [3.8, 4) is 0 Å². The van der Waals surface area contributed by atoms with Crippen molar-refractivity contribution in [1.82, 2.24) is 5.32 Å². The summed E-state index contributed by atoms with van der Waals surface area (Å²) >= 11 is 0. The normalized spacial score (nSPS) is 13.9. The van der Waals surface area contributed by atoms with Crippen molar-refractivity contribution in [2.45, 2.75) is 314 Å². The monoisotopic (exact) mass is 836 g/mol. The van der Waals surface area contributed by atoms with Crippen LogP contribution >= 0.6 is 0 Å². The van der Waals surface area contributed by atoms with E-state index in [1.807, 2.05) is 0 Å². The van der Waals surface area contributed by atoms with Crippen LogP contribution in [0.3, 0.4) is 0 Å². The predicted octanol–water partition coefficient (Wildman–Crippen LogP) is 14.9. The van der Waals surface area contributed by atoms with Crippen LogP contribution in [-0.4, -0.2) is 57.3 Å². The van der Waals surface area contributed by atoms with Gasteiger partial charge in [0.2, 0.25) is 5.91 Å². The highest BCUT2D eigenvalue weighted by Crippen LogP contribution is 2.18. The number of hydrogen-bond donors (Lipinski definition) is 5. The van der Waals surface area contributed by atoms with Gasteiger partial charge in [-0.15, -0.1) is 0 Å². The number of carbonyl (C=O) groups is 1. The molecule has 0 aliphatic rings. The highest BCUT2D eigenvalue weighted by molar-refractivity contribution is 5.80. The van der Waals surface area contributed by atoms with E-state index in [1.165, 1.54) is 225 Å². The van der Waals surface area contributed by atoms with Gasteiger partial charge < -0.3 is 25.7 Å². The lowest BCUT2D eigenvalue weighted by Gasteiger charge is -2.27. The summed E-state index contributed by atoms with van der Waals surface area (Å²) in [6.07, 6.45) is 55.8. The van der Waals surface area contributed by atoms with Crippen molar-refractivity contribution in [3.05, 3.63) is 12.2 Å². The molecule has 0 fully saturated rings. The molecule has 0 spiro atoms. The number of amides is 1. The standard InChI is InChI=1S/C53H105NO5/c1-3-5-7-9-11-13-15-17-18-19-20-21-22-23-24-25-26-27-28-29-30-31-32-33-34-35-37-38-40-42-44-46-50(56)52(58)49(48-55)54-53(59)51(57)47-45-43-41-39-36-16-14-12-10-8-6-4-2/h38,40,49-52,55-58H,3-37,39,41-48H2,1-2H3,(H,54,59)/b40-38+. The Morgan fingerprint density at radius 2 is 0.695 bits per heavy atom. The third kappa shape index (κ3) is 42.1. The molecule has 6 heteroatoms. The van der Waals surface area contributed by atoms with E-state index >= 15 is 0 Å². The first kappa shape index (κ1) is 58.0. The van der Waals surface area contributed by atoms with Crippen molar-refractivity contribution in [2.24, 2.45) is 0 Å². The molecule has 0 heterocycles. The van der Waals surface area contributed by atoms with Crippen molar-refractivity contribution in [1.29, 1.82) is 0 Å². The topological polar surface area (TPSA) is 110 Å². The van der Waals surface area contributed by atoms with E-state index < -0.39 is 36.9 Å². The molecular weight excluding hydrogens is 731 g/mol. The molecule has 1 amide bonds. The fourth-order valence-electron chi connectivity index (χ4n) is 8.53. The maximum Gasteiger partial charge on any atom is 0.249 e. The summed E-state index contributed by atoms with van der Waals surface area (Å²) in [5.74, 6) is -0.590. The van der Waals surface area contributed by atoms with Crippen LogP contribution in [-0.2, 0) is 4.79 Å². The molecule has 4 atom stereocenters. The zero-order chi connectivity index (χ0) is 43.1. The van der Waals surface area contributed by atoms with Crippen LogP contribution in [0.2, 0.25) is 0 Å². The molecule has 0 saturated carbocycles. The summed E-state index contributed by atoms with van der Waals surface area (Å²) < 4.78 is 0. The largest absolute Gasteiger partial charge is 0.394 e. The first-order valence-corrected chi connectivity index (χ1v) is 26.6. The van der Waals surface area contributed by atoms with Crippen molar-refractivity contribution >= 4 is 5.91 Å². The number of allylic oxidation sites excluding steroid dienone is 2. The molecule has 0 bridgehead atoms. The van der Waals surface area contributed by atoms with Gasteiger partial charge >= 0.3 is 0 Å². The predicted molar refractivity (Wildman–Crippen MR) is 256 cm³/mol. The Morgan fingerprint density at radius 3 is 1.02 bits per heavy atom. The number of carbonyl (C=O) groups excluding carboxylic acids is 1. The molecule has 0 aromatic rings. The number of nitrogens with one attached hydrogen (secondary N) is 1. The van der Waals surface area contributed by atoms with Crippen LogP contribution in [0.15, 0.2) is 12.2 Å². The summed E-state index contributed by atoms with van der Waals surface area (Å²) in [7, 11) is 0. The Hall–Kier alpha value is -0.950. The molecule has 0 saturated heterocycles. The number of aliphatic hydroxyl groups is 4. The van der Waals surface area contributed by atoms with Gasteiger partial charge in [0.25, 0.3) is 0 Å². The van der Waals surface area contributed by atoms with E-state index in [0.29, 0.717) is 12.8 Å². The summed E-state index contributed by atoms with van der Waals surface area (Å²) in [6.45, 7) is 4.05. The zero-order valence-electron chi connectivity index (χ0n) is 39.8. The van der Waals surface area contributed by atoms with E-state index in [9.17, 15) is 25.2 Å². The third-order valence-corrected chi connectivity index (χ3v) is 12.7. The molecule has 0 aromatic heterocycles. The maximum absolute atomic E-state index is 12.5. The van der Waals surface area contributed by atoms with Gasteiger partial charge in [0.1, 0.15) is 12.2 Å². The average Bonchev–Trinajstić information content (AvgIpc) is 3.24. The quantitative estimate of drug-likeness (QED) is 0.0310. The van der Waals surface area contributed by atoms with Gasteiger partial charge in [-0.05, 0) is 38.5 Å². The Balaban J connectivity index is 3.57. The van der Waals surface area contributed by atoms with Gasteiger partial charge in [-0.25, -0.2) is 0 Å².